The first-order chi connectivity index (χ1) is 21.6. The van der Waals surface area contributed by atoms with Crippen LogP contribution in [0.3, 0.4) is 0 Å². The molecule has 1 atom stereocenters. The molecule has 47 heavy (non-hydrogen) atoms. The van der Waals surface area contributed by atoms with Gasteiger partial charge in [-0.2, -0.15) is 22.9 Å². The molecule has 1 aromatic carbocycles. The van der Waals surface area contributed by atoms with Crippen LogP contribution in [-0.4, -0.2) is 65.6 Å². The number of piperidine rings is 1. The SMILES string of the molecule is CCC(NS(=O)(=O)c1ccc(-c2sc(-c3noc(CC(C)(C)C(=O)[O-])n3)nc2CN2CCCC(F)(F)C2)c(C(F)F)c1F)C(F)(F)F. The van der Waals surface area contributed by atoms with Gasteiger partial charge in [-0.1, -0.05) is 32.0 Å². The average molecular weight is 719 g/mol. The largest absolute Gasteiger partial charge is 0.550 e. The number of aromatic nitrogens is 3. The van der Waals surface area contributed by atoms with Gasteiger partial charge < -0.3 is 14.4 Å². The van der Waals surface area contributed by atoms with E-state index in [0.717, 1.165) is 13.0 Å². The molecule has 0 bridgehead atoms. The van der Waals surface area contributed by atoms with Crippen molar-refractivity contribution in [1.82, 2.24) is 24.7 Å². The molecule has 3 aromatic rings. The van der Waals surface area contributed by atoms with Crippen molar-refractivity contribution in [3.63, 3.8) is 0 Å². The number of carbonyl (C=O) groups excluding carboxylic acids is 1. The lowest BCUT2D eigenvalue weighted by atomic mass is 9.90. The number of sulfonamides is 1. The number of hydrogen-bond donors (Lipinski definition) is 1. The second kappa shape index (κ2) is 13.3. The molecule has 260 valence electrons. The van der Waals surface area contributed by atoms with E-state index in [4.69, 9.17) is 4.52 Å². The summed E-state index contributed by atoms with van der Waals surface area (Å²) in [5.74, 6) is -6.90. The van der Waals surface area contributed by atoms with Crippen molar-refractivity contribution in [3.05, 3.63) is 35.1 Å². The number of hydrogen-bond acceptors (Lipinski definition) is 10. The first-order valence-corrected chi connectivity index (χ1v) is 16.3. The second-order valence-electron chi connectivity index (χ2n) is 11.6. The van der Waals surface area contributed by atoms with Gasteiger partial charge in [-0.3, -0.25) is 4.90 Å². The number of benzene rings is 1. The molecule has 0 aliphatic carbocycles. The van der Waals surface area contributed by atoms with Crippen molar-refractivity contribution in [2.45, 2.75) is 82.5 Å². The summed E-state index contributed by atoms with van der Waals surface area (Å²) in [5.41, 5.74) is -3.61. The maximum Gasteiger partial charge on any atom is 0.404 e. The number of carbonyl (C=O) groups is 1. The highest BCUT2D eigenvalue weighted by Gasteiger charge is 2.42. The molecule has 2 aromatic heterocycles. The van der Waals surface area contributed by atoms with Crippen LogP contribution in [-0.2, 0) is 27.8 Å². The molecule has 1 aliphatic rings. The van der Waals surface area contributed by atoms with Crippen LogP contribution >= 0.6 is 11.3 Å². The monoisotopic (exact) mass is 718 g/mol. The molecule has 0 radical (unpaired) electrons. The zero-order valence-corrected chi connectivity index (χ0v) is 26.6. The van der Waals surface area contributed by atoms with E-state index in [0.29, 0.717) is 17.4 Å². The van der Waals surface area contributed by atoms with E-state index in [1.807, 2.05) is 0 Å². The number of halogens is 8. The Morgan fingerprint density at radius 2 is 1.89 bits per heavy atom. The van der Waals surface area contributed by atoms with Crippen molar-refractivity contribution in [3.8, 4) is 21.3 Å². The number of nitrogens with one attached hydrogen (secondary N) is 1. The Labute approximate surface area is 267 Å². The Balaban J connectivity index is 1.83. The van der Waals surface area contributed by atoms with Crippen LogP contribution in [0.1, 0.15) is 63.6 Å². The lowest BCUT2D eigenvalue weighted by molar-refractivity contribution is -0.317. The Morgan fingerprint density at radius 1 is 1.21 bits per heavy atom. The molecular formula is C27H28F8N5O5S2-. The van der Waals surface area contributed by atoms with Gasteiger partial charge in [0.05, 0.1) is 22.7 Å². The quantitative estimate of drug-likeness (QED) is 0.253. The third-order valence-corrected chi connectivity index (χ3v) is 9.96. The van der Waals surface area contributed by atoms with E-state index in [1.165, 1.54) is 23.5 Å². The predicted octanol–water partition coefficient (Wildman–Crippen LogP) is 5.11. The first-order valence-electron chi connectivity index (χ1n) is 14.0. The average Bonchev–Trinajstić information content (AvgIpc) is 3.56. The number of nitrogens with zero attached hydrogens (tertiary/aromatic N) is 4. The molecule has 0 saturated carbocycles. The second-order valence-corrected chi connectivity index (χ2v) is 14.3. The molecule has 1 N–H and O–H groups in total. The zero-order valence-electron chi connectivity index (χ0n) is 24.9. The minimum absolute atomic E-state index is 0.0922. The summed E-state index contributed by atoms with van der Waals surface area (Å²) in [5, 5.41) is 15.0. The van der Waals surface area contributed by atoms with Crippen LogP contribution in [0.2, 0.25) is 0 Å². The number of carboxylic acids is 1. The molecule has 0 spiro atoms. The van der Waals surface area contributed by atoms with Crippen LogP contribution in [0.25, 0.3) is 21.3 Å². The summed E-state index contributed by atoms with van der Waals surface area (Å²) in [4.78, 5) is 19.4. The standard InChI is InChI=1S/C27H29F8N5O5S2/c1-4-16(27(33,34)35)39-47(43,44)15-7-6-13(18(19(15)28)21(29)30)20-14(11-40-9-5-8-26(31,32)12-40)36-23(46-20)22-37-17(45-38-22)10-25(2,3)24(41)42/h6-7,16,21,39H,4-5,8-12H2,1-3H3,(H,41,42)/p-1. The molecule has 10 nitrogen and oxygen atoms in total. The number of alkyl halides is 7. The summed E-state index contributed by atoms with van der Waals surface area (Å²) >= 11 is 0.610. The van der Waals surface area contributed by atoms with Crippen LogP contribution in [0.5, 0.6) is 0 Å². The first kappa shape index (κ1) is 36.6. The van der Waals surface area contributed by atoms with Crippen molar-refractivity contribution in [2.24, 2.45) is 5.41 Å². The normalized spacial score (nSPS) is 16.9. The summed E-state index contributed by atoms with van der Waals surface area (Å²) in [6.07, 6.45) is -10.1. The molecule has 1 unspecified atom stereocenters. The van der Waals surface area contributed by atoms with Gasteiger partial charge in [-0.15, -0.1) is 11.3 Å². The fourth-order valence-electron chi connectivity index (χ4n) is 4.85. The van der Waals surface area contributed by atoms with Crippen molar-refractivity contribution < 1.29 is 58.0 Å². The van der Waals surface area contributed by atoms with Gasteiger partial charge in [0.2, 0.25) is 21.7 Å². The molecule has 3 heterocycles. The third kappa shape index (κ3) is 8.26. The van der Waals surface area contributed by atoms with Gasteiger partial charge >= 0.3 is 6.18 Å². The molecule has 0 amide bonds. The van der Waals surface area contributed by atoms with Gasteiger partial charge in [0.25, 0.3) is 12.3 Å². The lowest BCUT2D eigenvalue weighted by Gasteiger charge is -2.32. The molecule has 4 rings (SSSR count). The highest BCUT2D eigenvalue weighted by atomic mass is 32.2. The molecular weight excluding hydrogens is 690 g/mol. The number of thiazole rings is 1. The Bertz CT molecular complexity index is 1730. The van der Waals surface area contributed by atoms with Crippen LogP contribution in [0.15, 0.2) is 21.6 Å². The van der Waals surface area contributed by atoms with Gasteiger partial charge in [0.1, 0.15) is 10.9 Å². The number of likely N-dealkylation sites (tertiary alicyclic amines) is 1. The van der Waals surface area contributed by atoms with Gasteiger partial charge in [0.15, 0.2) is 10.8 Å². The highest BCUT2D eigenvalue weighted by Crippen LogP contribution is 2.43. The van der Waals surface area contributed by atoms with E-state index in [1.54, 1.807) is 0 Å². The number of rotatable bonds is 12. The van der Waals surface area contributed by atoms with Gasteiger partial charge in [-0.25, -0.2) is 35.4 Å². The van der Waals surface area contributed by atoms with Gasteiger partial charge in [-0.05, 0) is 25.5 Å². The van der Waals surface area contributed by atoms with Crippen LogP contribution in [0.4, 0.5) is 35.1 Å². The highest BCUT2D eigenvalue weighted by molar-refractivity contribution is 7.89. The summed E-state index contributed by atoms with van der Waals surface area (Å²) in [6, 6.07) is -1.34. The maximum atomic E-state index is 15.7. The third-order valence-electron chi connectivity index (χ3n) is 7.35. The molecule has 1 saturated heterocycles. The van der Waals surface area contributed by atoms with E-state index in [9.17, 15) is 49.1 Å². The Kier molecular flexibility index (Phi) is 10.4. The molecule has 1 aliphatic heterocycles. The van der Waals surface area contributed by atoms with Crippen molar-refractivity contribution >= 4 is 27.3 Å². The topological polar surface area (TPSA) is 141 Å². The van der Waals surface area contributed by atoms with E-state index >= 15 is 4.39 Å². The fraction of sp³-hybridized carbons (Fsp3) is 0.556. The fourth-order valence-corrected chi connectivity index (χ4v) is 7.28. The smallest absolute Gasteiger partial charge is 0.404 e. The number of aliphatic carboxylic acids is 1. The minimum atomic E-state index is -5.30. The molecule has 1 fully saturated rings. The predicted molar refractivity (Wildman–Crippen MR) is 148 cm³/mol. The summed E-state index contributed by atoms with van der Waals surface area (Å²) in [6.45, 7) is 2.81. The minimum Gasteiger partial charge on any atom is -0.550 e. The van der Waals surface area contributed by atoms with Crippen molar-refractivity contribution in [2.75, 3.05) is 13.1 Å². The van der Waals surface area contributed by atoms with Crippen LogP contribution in [0, 0.1) is 11.2 Å². The van der Waals surface area contributed by atoms with Crippen LogP contribution < -0.4 is 9.83 Å². The van der Waals surface area contributed by atoms with E-state index in [2.05, 4.69) is 15.1 Å². The van der Waals surface area contributed by atoms with E-state index < -0.39 is 80.8 Å². The molecule has 20 heteroatoms. The summed E-state index contributed by atoms with van der Waals surface area (Å²) < 4.78 is 145. The summed E-state index contributed by atoms with van der Waals surface area (Å²) in [7, 11) is -5.30. The Morgan fingerprint density at radius 3 is 2.47 bits per heavy atom. The maximum absolute atomic E-state index is 15.7. The van der Waals surface area contributed by atoms with E-state index in [-0.39, 0.29) is 59.6 Å². The van der Waals surface area contributed by atoms with Crippen molar-refractivity contribution in [1.29, 1.82) is 0 Å². The zero-order chi connectivity index (χ0) is 35.1. The lowest BCUT2D eigenvalue weighted by Crippen LogP contribution is -2.45. The van der Waals surface area contributed by atoms with Gasteiger partial charge in [0, 0.05) is 36.3 Å². The Hall–Kier alpha value is -3.23. The number of carboxylic acid groups (broad SMARTS) is 1.